The van der Waals surface area contributed by atoms with E-state index < -0.39 is 18.2 Å². The zero-order chi connectivity index (χ0) is 16.6. The summed E-state index contributed by atoms with van der Waals surface area (Å²) in [6.45, 7) is 1.21. The number of amides is 1. The second-order valence-electron chi connectivity index (χ2n) is 5.52. The summed E-state index contributed by atoms with van der Waals surface area (Å²) in [6.07, 6.45) is -2.14. The number of ether oxygens (including phenoxy) is 1. The summed E-state index contributed by atoms with van der Waals surface area (Å²) in [5.74, 6) is 0. The Labute approximate surface area is 133 Å². The maximum absolute atomic E-state index is 12.6. The third kappa shape index (κ3) is 2.59. The predicted octanol–water partition coefficient (Wildman–Crippen LogP) is 3.71. The van der Waals surface area contributed by atoms with E-state index in [9.17, 15) is 14.0 Å². The van der Waals surface area contributed by atoms with Crippen LogP contribution < -0.4 is 0 Å². The molecule has 0 heterocycles. The molecule has 2 aromatic rings. The smallest absolute Gasteiger partial charge is 0.411 e. The maximum Gasteiger partial charge on any atom is 0.411 e. The van der Waals surface area contributed by atoms with E-state index in [0.717, 1.165) is 22.3 Å². The number of nitrogens with zero attached hydrogens (tertiary/aromatic N) is 1. The van der Waals surface area contributed by atoms with Crippen LogP contribution in [0.3, 0.4) is 0 Å². The molecular formula is C18H16FNO3. The molecule has 0 aliphatic heterocycles. The molecule has 4 nitrogen and oxygen atoms in total. The van der Waals surface area contributed by atoms with Gasteiger partial charge in [-0.25, -0.2) is 4.79 Å². The van der Waals surface area contributed by atoms with Crippen LogP contribution in [0, 0.1) is 0 Å². The van der Waals surface area contributed by atoms with Gasteiger partial charge in [0.15, 0.2) is 6.10 Å². The number of benzene rings is 2. The molecule has 118 valence electrons. The quantitative estimate of drug-likeness (QED) is 0.812. The Balaban J connectivity index is 1.96. The van der Waals surface area contributed by atoms with Crippen LogP contribution in [0.1, 0.15) is 24.1 Å². The summed E-state index contributed by atoms with van der Waals surface area (Å²) in [7, 11) is 1.58. The van der Waals surface area contributed by atoms with E-state index in [1.165, 1.54) is 11.8 Å². The molecule has 0 aromatic heterocycles. The van der Waals surface area contributed by atoms with Crippen LogP contribution in [0.5, 0.6) is 0 Å². The lowest BCUT2D eigenvalue weighted by Gasteiger charge is -2.26. The van der Waals surface area contributed by atoms with Crippen molar-refractivity contribution in [2.24, 2.45) is 0 Å². The fraction of sp³-hybridized carbons (Fsp3) is 0.222. The van der Waals surface area contributed by atoms with Crippen molar-refractivity contribution < 1.29 is 18.7 Å². The third-order valence-corrected chi connectivity index (χ3v) is 4.07. The van der Waals surface area contributed by atoms with Gasteiger partial charge in [0.05, 0.1) is 6.04 Å². The number of hydrogen-bond donors (Lipinski definition) is 0. The number of carbonyl (C=O) groups excluding carboxylic acids is 2. The van der Waals surface area contributed by atoms with Crippen molar-refractivity contribution in [3.8, 4) is 11.1 Å². The van der Waals surface area contributed by atoms with Gasteiger partial charge < -0.3 is 9.64 Å². The van der Waals surface area contributed by atoms with Crippen molar-refractivity contribution >= 4 is 12.1 Å². The second-order valence-corrected chi connectivity index (χ2v) is 5.52. The minimum atomic E-state index is -1.67. The number of rotatable bonds is 3. The molecule has 0 bridgehead atoms. The molecule has 0 N–H and O–H groups in total. The van der Waals surface area contributed by atoms with Gasteiger partial charge in [0, 0.05) is 7.05 Å². The molecule has 2 aromatic carbocycles. The van der Waals surface area contributed by atoms with Crippen LogP contribution in [-0.4, -0.2) is 30.2 Å². The molecule has 0 fully saturated rings. The molecule has 0 unspecified atom stereocenters. The molecule has 3 rings (SSSR count). The molecule has 1 aliphatic rings. The van der Waals surface area contributed by atoms with Crippen molar-refractivity contribution in [1.82, 2.24) is 4.90 Å². The fourth-order valence-corrected chi connectivity index (χ4v) is 2.93. The Bertz CT molecular complexity index is 729. The van der Waals surface area contributed by atoms with Crippen molar-refractivity contribution in [2.75, 3.05) is 7.05 Å². The summed E-state index contributed by atoms with van der Waals surface area (Å²) < 4.78 is 17.5. The zero-order valence-corrected chi connectivity index (χ0v) is 12.8. The standard InChI is InChI=1S/C18H16FNO3/c1-11(17(19)21)23-18(22)20(2)16-14-9-5-3-7-12(14)13-8-4-6-10-15(13)16/h3-11,16H,1-2H3/t11-/m0/s1. The molecule has 0 radical (unpaired) electrons. The zero-order valence-electron chi connectivity index (χ0n) is 12.8. The van der Waals surface area contributed by atoms with Gasteiger partial charge in [-0.2, -0.15) is 4.39 Å². The van der Waals surface area contributed by atoms with Gasteiger partial charge in [0.25, 0.3) is 0 Å². The molecule has 0 spiro atoms. The first kappa shape index (κ1) is 15.2. The van der Waals surface area contributed by atoms with E-state index in [4.69, 9.17) is 4.74 Å². The fourth-order valence-electron chi connectivity index (χ4n) is 2.93. The van der Waals surface area contributed by atoms with Gasteiger partial charge in [0.2, 0.25) is 0 Å². The van der Waals surface area contributed by atoms with Crippen LogP contribution in [-0.2, 0) is 9.53 Å². The highest BCUT2D eigenvalue weighted by molar-refractivity contribution is 5.82. The highest BCUT2D eigenvalue weighted by Gasteiger charge is 2.34. The van der Waals surface area contributed by atoms with E-state index in [-0.39, 0.29) is 6.04 Å². The van der Waals surface area contributed by atoms with Gasteiger partial charge >= 0.3 is 12.1 Å². The van der Waals surface area contributed by atoms with Crippen molar-refractivity contribution in [2.45, 2.75) is 19.1 Å². The normalized spacial score (nSPS) is 13.9. The molecule has 5 heteroatoms. The predicted molar refractivity (Wildman–Crippen MR) is 83.5 cm³/mol. The highest BCUT2D eigenvalue weighted by atomic mass is 19.1. The van der Waals surface area contributed by atoms with Crippen LogP contribution >= 0.6 is 0 Å². The Morgan fingerprint density at radius 1 is 1.04 bits per heavy atom. The lowest BCUT2D eigenvalue weighted by molar-refractivity contribution is -0.138. The summed E-state index contributed by atoms with van der Waals surface area (Å²) in [5.41, 5.74) is 4.07. The Morgan fingerprint density at radius 3 is 2.00 bits per heavy atom. The van der Waals surface area contributed by atoms with E-state index >= 15 is 0 Å². The molecule has 1 aliphatic carbocycles. The summed E-state index contributed by atoms with van der Waals surface area (Å²) in [4.78, 5) is 24.3. The average molecular weight is 313 g/mol. The van der Waals surface area contributed by atoms with Gasteiger partial charge in [-0.05, 0) is 29.2 Å². The first-order valence-electron chi connectivity index (χ1n) is 7.31. The minimum Gasteiger partial charge on any atom is -0.435 e. The lowest BCUT2D eigenvalue weighted by Crippen LogP contribution is -2.35. The van der Waals surface area contributed by atoms with E-state index in [1.54, 1.807) is 7.05 Å². The van der Waals surface area contributed by atoms with Gasteiger partial charge in [0.1, 0.15) is 0 Å². The molecule has 23 heavy (non-hydrogen) atoms. The maximum atomic E-state index is 12.6. The van der Waals surface area contributed by atoms with Crippen LogP contribution in [0.2, 0.25) is 0 Å². The first-order chi connectivity index (χ1) is 11.0. The molecule has 0 saturated heterocycles. The molecule has 0 saturated carbocycles. The number of halogens is 1. The Morgan fingerprint density at radius 2 is 1.52 bits per heavy atom. The lowest BCUT2D eigenvalue weighted by atomic mass is 10.0. The van der Waals surface area contributed by atoms with Crippen LogP contribution in [0.25, 0.3) is 11.1 Å². The largest absolute Gasteiger partial charge is 0.435 e. The minimum absolute atomic E-state index is 0.322. The van der Waals surface area contributed by atoms with Crippen molar-refractivity contribution in [3.63, 3.8) is 0 Å². The SMILES string of the molecule is C[C@H](OC(=O)N(C)C1c2ccccc2-c2ccccc21)C(=O)F. The Kier molecular flexibility index (Phi) is 3.86. The van der Waals surface area contributed by atoms with E-state index in [2.05, 4.69) is 0 Å². The van der Waals surface area contributed by atoms with Gasteiger partial charge in [-0.1, -0.05) is 48.5 Å². The second kappa shape index (κ2) is 5.83. The summed E-state index contributed by atoms with van der Waals surface area (Å²) in [5, 5.41) is 0. The molecular weight excluding hydrogens is 297 g/mol. The summed E-state index contributed by atoms with van der Waals surface area (Å²) in [6, 6.07) is 13.6. The average Bonchev–Trinajstić information content (AvgIpc) is 2.88. The van der Waals surface area contributed by atoms with E-state index in [0.29, 0.717) is 0 Å². The van der Waals surface area contributed by atoms with E-state index in [1.807, 2.05) is 48.5 Å². The Hall–Kier alpha value is -2.69. The van der Waals surface area contributed by atoms with Crippen LogP contribution in [0.4, 0.5) is 9.18 Å². The van der Waals surface area contributed by atoms with Crippen molar-refractivity contribution in [3.05, 3.63) is 59.7 Å². The first-order valence-corrected chi connectivity index (χ1v) is 7.31. The number of carbonyl (C=O) groups is 2. The van der Waals surface area contributed by atoms with Crippen molar-refractivity contribution in [1.29, 1.82) is 0 Å². The number of fused-ring (bicyclic) bond motifs is 3. The number of hydrogen-bond acceptors (Lipinski definition) is 3. The highest BCUT2D eigenvalue weighted by Crippen LogP contribution is 2.45. The van der Waals surface area contributed by atoms with Gasteiger partial charge in [-0.15, -0.1) is 0 Å². The topological polar surface area (TPSA) is 46.6 Å². The molecule has 1 atom stereocenters. The summed E-state index contributed by atoms with van der Waals surface area (Å²) >= 11 is 0. The van der Waals surface area contributed by atoms with Gasteiger partial charge in [-0.3, -0.25) is 4.79 Å². The monoisotopic (exact) mass is 313 g/mol. The molecule has 1 amide bonds. The van der Waals surface area contributed by atoms with Crippen LogP contribution in [0.15, 0.2) is 48.5 Å². The third-order valence-electron chi connectivity index (χ3n) is 4.07.